The molecule has 130 valence electrons. The summed E-state index contributed by atoms with van der Waals surface area (Å²) in [5, 5.41) is 3.45. The summed E-state index contributed by atoms with van der Waals surface area (Å²) in [5.74, 6) is 1.51. The lowest BCUT2D eigenvalue weighted by molar-refractivity contribution is 0.284. The highest BCUT2D eigenvalue weighted by Crippen LogP contribution is 2.34. The third-order valence-corrected chi connectivity index (χ3v) is 4.61. The quantitative estimate of drug-likeness (QED) is 0.593. The van der Waals surface area contributed by atoms with Crippen LogP contribution in [0.15, 0.2) is 40.9 Å². The van der Waals surface area contributed by atoms with Crippen LogP contribution in [-0.4, -0.2) is 13.7 Å². The molecule has 3 nitrogen and oxygen atoms in total. The van der Waals surface area contributed by atoms with E-state index in [1.165, 1.54) is 24.0 Å². The number of benzene rings is 2. The van der Waals surface area contributed by atoms with Gasteiger partial charge >= 0.3 is 0 Å². The Balaban J connectivity index is 2.03. The van der Waals surface area contributed by atoms with E-state index >= 15 is 0 Å². The predicted octanol–water partition coefficient (Wildman–Crippen LogP) is 5.23. The van der Waals surface area contributed by atoms with Gasteiger partial charge in [0.2, 0.25) is 0 Å². The molecule has 0 heterocycles. The van der Waals surface area contributed by atoms with E-state index in [1.54, 1.807) is 7.11 Å². The van der Waals surface area contributed by atoms with Crippen molar-refractivity contribution < 1.29 is 9.47 Å². The number of aryl methyl sites for hydroxylation is 1. The molecule has 0 unspecified atom stereocenters. The number of hydrogen-bond donors (Lipinski definition) is 1. The summed E-state index contributed by atoms with van der Waals surface area (Å²) in [5.41, 5.74) is 3.56. The molecule has 0 radical (unpaired) electrons. The lowest BCUT2D eigenvalue weighted by Crippen LogP contribution is -2.15. The van der Waals surface area contributed by atoms with Crippen LogP contribution in [0.4, 0.5) is 0 Å². The van der Waals surface area contributed by atoms with Gasteiger partial charge in [-0.15, -0.1) is 0 Å². The fourth-order valence-electron chi connectivity index (χ4n) is 2.36. The Morgan fingerprint density at radius 3 is 2.50 bits per heavy atom. The van der Waals surface area contributed by atoms with Gasteiger partial charge in [0.05, 0.1) is 7.11 Å². The van der Waals surface area contributed by atoms with Gasteiger partial charge in [-0.05, 0) is 43.1 Å². The number of methoxy groups -OCH3 is 1. The van der Waals surface area contributed by atoms with E-state index in [0.29, 0.717) is 6.61 Å². The van der Waals surface area contributed by atoms with Gasteiger partial charge in [-0.2, -0.15) is 0 Å². The van der Waals surface area contributed by atoms with Gasteiger partial charge in [-0.3, -0.25) is 0 Å². The minimum Gasteiger partial charge on any atom is -0.493 e. The Labute approximate surface area is 153 Å². The monoisotopic (exact) mass is 391 g/mol. The highest BCUT2D eigenvalue weighted by Gasteiger charge is 2.10. The van der Waals surface area contributed by atoms with Gasteiger partial charge in [-0.1, -0.05) is 59.1 Å². The normalized spacial score (nSPS) is 10.7. The minimum atomic E-state index is 0.525. The zero-order chi connectivity index (χ0) is 17.4. The Bertz CT molecular complexity index is 641. The summed E-state index contributed by atoms with van der Waals surface area (Å²) in [7, 11) is 1.68. The summed E-state index contributed by atoms with van der Waals surface area (Å²) >= 11 is 3.64. The van der Waals surface area contributed by atoms with E-state index < -0.39 is 0 Å². The number of unbranched alkanes of at least 4 members (excludes halogenated alkanes) is 1. The summed E-state index contributed by atoms with van der Waals surface area (Å²) in [4.78, 5) is 0. The van der Waals surface area contributed by atoms with Gasteiger partial charge in [0.15, 0.2) is 11.5 Å². The molecule has 0 saturated heterocycles. The van der Waals surface area contributed by atoms with E-state index in [0.717, 1.165) is 34.6 Å². The van der Waals surface area contributed by atoms with Gasteiger partial charge in [0.25, 0.3) is 0 Å². The molecule has 4 heteroatoms. The summed E-state index contributed by atoms with van der Waals surface area (Å²) in [6.07, 6.45) is 2.38. The Morgan fingerprint density at radius 1 is 1.08 bits per heavy atom. The Kier molecular flexibility index (Phi) is 7.60. The minimum absolute atomic E-state index is 0.525. The van der Waals surface area contributed by atoms with Crippen molar-refractivity contribution in [3.8, 4) is 11.5 Å². The molecule has 0 aliphatic rings. The van der Waals surface area contributed by atoms with Crippen LogP contribution in [0.3, 0.4) is 0 Å². The van der Waals surface area contributed by atoms with Crippen LogP contribution >= 0.6 is 15.9 Å². The third kappa shape index (κ3) is 5.53. The zero-order valence-corrected chi connectivity index (χ0v) is 16.3. The van der Waals surface area contributed by atoms with Crippen LogP contribution in [0.5, 0.6) is 11.5 Å². The SMILES string of the molecule is CCCCNCc1cc(OC)c(OCc2ccc(C)cc2)cc1Br. The van der Waals surface area contributed by atoms with Crippen LogP contribution in [0.2, 0.25) is 0 Å². The van der Waals surface area contributed by atoms with Crippen molar-refractivity contribution in [3.05, 3.63) is 57.6 Å². The molecule has 0 atom stereocenters. The maximum absolute atomic E-state index is 5.96. The van der Waals surface area contributed by atoms with Crippen LogP contribution in [-0.2, 0) is 13.2 Å². The van der Waals surface area contributed by atoms with Crippen LogP contribution < -0.4 is 14.8 Å². The molecule has 1 N–H and O–H groups in total. The van der Waals surface area contributed by atoms with Crippen molar-refractivity contribution in [1.82, 2.24) is 5.32 Å². The molecule has 0 aliphatic carbocycles. The van der Waals surface area contributed by atoms with Crippen molar-refractivity contribution in [1.29, 1.82) is 0 Å². The number of rotatable bonds is 9. The zero-order valence-electron chi connectivity index (χ0n) is 14.7. The highest BCUT2D eigenvalue weighted by molar-refractivity contribution is 9.10. The van der Waals surface area contributed by atoms with E-state index in [4.69, 9.17) is 9.47 Å². The molecule has 0 aromatic heterocycles. The standard InChI is InChI=1S/C20H26BrNO2/c1-4-5-10-22-13-17-11-19(23-3)20(12-18(17)21)24-14-16-8-6-15(2)7-9-16/h6-9,11-12,22H,4-5,10,13-14H2,1-3H3. The average molecular weight is 392 g/mol. The summed E-state index contributed by atoms with van der Waals surface area (Å²) in [6.45, 7) is 6.64. The van der Waals surface area contributed by atoms with E-state index in [1.807, 2.05) is 12.1 Å². The number of halogens is 1. The molecule has 24 heavy (non-hydrogen) atoms. The second-order valence-electron chi connectivity index (χ2n) is 5.90. The van der Waals surface area contributed by atoms with Crippen LogP contribution in [0, 0.1) is 6.92 Å². The maximum Gasteiger partial charge on any atom is 0.162 e. The first-order valence-corrected chi connectivity index (χ1v) is 9.18. The lowest BCUT2D eigenvalue weighted by atomic mass is 10.1. The molecule has 0 amide bonds. The fraction of sp³-hybridized carbons (Fsp3) is 0.400. The molecule has 2 aromatic carbocycles. The van der Waals surface area contributed by atoms with Crippen molar-refractivity contribution in [2.24, 2.45) is 0 Å². The predicted molar refractivity (Wildman–Crippen MR) is 103 cm³/mol. The van der Waals surface area contributed by atoms with Gasteiger partial charge < -0.3 is 14.8 Å². The molecule has 0 bridgehead atoms. The molecule has 2 aromatic rings. The number of nitrogens with one attached hydrogen (secondary N) is 1. The molecule has 2 rings (SSSR count). The highest BCUT2D eigenvalue weighted by atomic mass is 79.9. The topological polar surface area (TPSA) is 30.5 Å². The van der Waals surface area contributed by atoms with Crippen molar-refractivity contribution in [3.63, 3.8) is 0 Å². The van der Waals surface area contributed by atoms with E-state index in [9.17, 15) is 0 Å². The number of hydrogen-bond acceptors (Lipinski definition) is 3. The average Bonchev–Trinajstić information content (AvgIpc) is 2.59. The molecule has 0 fully saturated rings. The lowest BCUT2D eigenvalue weighted by Gasteiger charge is -2.14. The van der Waals surface area contributed by atoms with Crippen molar-refractivity contribution >= 4 is 15.9 Å². The van der Waals surface area contributed by atoms with Crippen LogP contribution in [0.25, 0.3) is 0 Å². The Morgan fingerprint density at radius 2 is 1.83 bits per heavy atom. The van der Waals surface area contributed by atoms with Crippen molar-refractivity contribution in [2.45, 2.75) is 39.8 Å². The molecule has 0 aliphatic heterocycles. The smallest absolute Gasteiger partial charge is 0.162 e. The van der Waals surface area contributed by atoms with Crippen molar-refractivity contribution in [2.75, 3.05) is 13.7 Å². The van der Waals surface area contributed by atoms with Gasteiger partial charge in [-0.25, -0.2) is 0 Å². The van der Waals surface area contributed by atoms with Gasteiger partial charge in [0, 0.05) is 11.0 Å². The Hall–Kier alpha value is -1.52. The molecular formula is C20H26BrNO2. The second-order valence-corrected chi connectivity index (χ2v) is 6.75. The second kappa shape index (κ2) is 9.70. The first kappa shape index (κ1) is 18.8. The first-order chi connectivity index (χ1) is 11.6. The van der Waals surface area contributed by atoms with E-state index in [2.05, 4.69) is 59.4 Å². The summed E-state index contributed by atoms with van der Waals surface area (Å²) in [6, 6.07) is 12.4. The fourth-order valence-corrected chi connectivity index (χ4v) is 2.82. The summed E-state index contributed by atoms with van der Waals surface area (Å²) < 4.78 is 12.5. The first-order valence-electron chi connectivity index (χ1n) is 8.39. The van der Waals surface area contributed by atoms with Gasteiger partial charge in [0.1, 0.15) is 6.61 Å². The molecular weight excluding hydrogens is 366 g/mol. The maximum atomic E-state index is 5.96. The van der Waals surface area contributed by atoms with E-state index in [-0.39, 0.29) is 0 Å². The van der Waals surface area contributed by atoms with Crippen LogP contribution in [0.1, 0.15) is 36.5 Å². The molecule has 0 saturated carbocycles. The largest absolute Gasteiger partial charge is 0.493 e. The number of ether oxygens (including phenoxy) is 2. The third-order valence-electron chi connectivity index (χ3n) is 3.87. The molecule has 0 spiro atoms.